The summed E-state index contributed by atoms with van der Waals surface area (Å²) >= 11 is 1.88. The van der Waals surface area contributed by atoms with E-state index in [4.69, 9.17) is 5.73 Å². The first-order valence-corrected chi connectivity index (χ1v) is 8.98. The highest BCUT2D eigenvalue weighted by Crippen LogP contribution is 2.25. The molecule has 1 aromatic rings. The van der Waals surface area contributed by atoms with Gasteiger partial charge in [0, 0.05) is 12.2 Å². The summed E-state index contributed by atoms with van der Waals surface area (Å²) in [5.74, 6) is 2.61. The molecular weight excluding hydrogens is 280 g/mol. The summed E-state index contributed by atoms with van der Waals surface area (Å²) in [5, 5.41) is 0. The molecule has 6 heteroatoms. The van der Waals surface area contributed by atoms with Crippen molar-refractivity contribution in [3.8, 4) is 0 Å². The van der Waals surface area contributed by atoms with Crippen LogP contribution < -0.4 is 10.5 Å². The van der Waals surface area contributed by atoms with Gasteiger partial charge in [0.1, 0.15) is 0 Å². The number of hydrogen-bond donors (Lipinski definition) is 2. The van der Waals surface area contributed by atoms with Gasteiger partial charge < -0.3 is 5.73 Å². The van der Waals surface area contributed by atoms with Gasteiger partial charge in [-0.05, 0) is 61.0 Å². The van der Waals surface area contributed by atoms with E-state index in [0.29, 0.717) is 23.0 Å². The summed E-state index contributed by atoms with van der Waals surface area (Å²) in [5.41, 5.74) is 7.90. The van der Waals surface area contributed by atoms with Gasteiger partial charge in [-0.3, -0.25) is 0 Å². The number of aryl methyl sites for hydroxylation is 1. The monoisotopic (exact) mass is 300 g/mol. The van der Waals surface area contributed by atoms with Gasteiger partial charge in [-0.25, -0.2) is 13.1 Å². The maximum atomic E-state index is 12.3. The van der Waals surface area contributed by atoms with Gasteiger partial charge in [-0.2, -0.15) is 11.8 Å². The molecule has 1 aliphatic rings. The lowest BCUT2D eigenvalue weighted by Gasteiger charge is -2.14. The molecule has 1 heterocycles. The van der Waals surface area contributed by atoms with Crippen LogP contribution in [0.1, 0.15) is 17.5 Å². The van der Waals surface area contributed by atoms with Crippen molar-refractivity contribution in [2.45, 2.75) is 25.2 Å². The average molecular weight is 300 g/mol. The van der Waals surface area contributed by atoms with Crippen LogP contribution in [0.2, 0.25) is 0 Å². The van der Waals surface area contributed by atoms with Crippen LogP contribution >= 0.6 is 11.8 Å². The van der Waals surface area contributed by atoms with Crippen LogP contribution in [-0.2, 0) is 10.0 Å². The Balaban J connectivity index is 2.19. The molecule has 106 valence electrons. The Kier molecular flexibility index (Phi) is 4.43. The summed E-state index contributed by atoms with van der Waals surface area (Å²) in [6.45, 7) is 4.20. The van der Waals surface area contributed by atoms with E-state index in [0.717, 1.165) is 29.1 Å². The van der Waals surface area contributed by atoms with Crippen molar-refractivity contribution >= 4 is 27.5 Å². The number of nitrogens with two attached hydrogens (primary N) is 1. The SMILES string of the molecule is Cc1cc(N)cc(S(=O)(=O)NCC2CCSC2)c1C. The Bertz CT molecular complexity index is 564. The molecule has 0 aliphatic carbocycles. The molecule has 0 bridgehead atoms. The van der Waals surface area contributed by atoms with E-state index >= 15 is 0 Å². The lowest BCUT2D eigenvalue weighted by Crippen LogP contribution is -2.30. The summed E-state index contributed by atoms with van der Waals surface area (Å²) < 4.78 is 27.4. The summed E-state index contributed by atoms with van der Waals surface area (Å²) in [6.07, 6.45) is 1.09. The topological polar surface area (TPSA) is 72.2 Å². The van der Waals surface area contributed by atoms with Gasteiger partial charge in [0.25, 0.3) is 0 Å². The number of nitrogen functional groups attached to an aromatic ring is 1. The zero-order chi connectivity index (χ0) is 14.0. The van der Waals surface area contributed by atoms with Crippen LogP contribution in [0.3, 0.4) is 0 Å². The van der Waals surface area contributed by atoms with Crippen LogP contribution in [0.5, 0.6) is 0 Å². The standard InChI is InChI=1S/C13H20N2O2S2/c1-9-5-12(14)6-13(10(9)2)19(16,17)15-7-11-3-4-18-8-11/h5-6,11,15H,3-4,7-8,14H2,1-2H3. The normalized spacial score (nSPS) is 19.8. The first-order valence-electron chi connectivity index (χ1n) is 6.34. The number of anilines is 1. The van der Waals surface area contributed by atoms with Crippen LogP contribution in [-0.4, -0.2) is 26.5 Å². The second-order valence-electron chi connectivity index (χ2n) is 5.04. The fraction of sp³-hybridized carbons (Fsp3) is 0.538. The molecule has 0 amide bonds. The molecule has 0 saturated carbocycles. The van der Waals surface area contributed by atoms with E-state index in [2.05, 4.69) is 4.72 Å². The molecule has 4 nitrogen and oxygen atoms in total. The smallest absolute Gasteiger partial charge is 0.240 e. The number of benzene rings is 1. The van der Waals surface area contributed by atoms with Gasteiger partial charge in [0.05, 0.1) is 4.90 Å². The summed E-state index contributed by atoms with van der Waals surface area (Å²) in [7, 11) is -3.46. The molecule has 1 aliphatic heterocycles. The lowest BCUT2D eigenvalue weighted by atomic mass is 10.1. The quantitative estimate of drug-likeness (QED) is 0.833. The molecule has 1 fully saturated rings. The van der Waals surface area contributed by atoms with Crippen LogP contribution in [0, 0.1) is 19.8 Å². The zero-order valence-electron chi connectivity index (χ0n) is 11.3. The molecule has 19 heavy (non-hydrogen) atoms. The van der Waals surface area contributed by atoms with E-state index in [1.165, 1.54) is 6.07 Å². The minimum absolute atomic E-state index is 0.302. The predicted molar refractivity (Wildman–Crippen MR) is 80.9 cm³/mol. The highest BCUT2D eigenvalue weighted by atomic mass is 32.2. The average Bonchev–Trinajstić information content (AvgIpc) is 2.84. The van der Waals surface area contributed by atoms with Gasteiger partial charge >= 0.3 is 0 Å². The van der Waals surface area contributed by atoms with Crippen molar-refractivity contribution in [1.82, 2.24) is 4.72 Å². The number of rotatable bonds is 4. The zero-order valence-corrected chi connectivity index (χ0v) is 12.9. The Hall–Kier alpha value is -0.720. The highest BCUT2D eigenvalue weighted by molar-refractivity contribution is 7.99. The number of nitrogens with one attached hydrogen (secondary N) is 1. The van der Waals surface area contributed by atoms with E-state index in [-0.39, 0.29) is 0 Å². The van der Waals surface area contributed by atoms with Gasteiger partial charge in [-0.15, -0.1) is 0 Å². The number of hydrogen-bond acceptors (Lipinski definition) is 4. The third-order valence-corrected chi connectivity index (χ3v) is 6.30. The van der Waals surface area contributed by atoms with Gasteiger partial charge in [0.15, 0.2) is 0 Å². The van der Waals surface area contributed by atoms with Crippen molar-refractivity contribution in [2.24, 2.45) is 5.92 Å². The van der Waals surface area contributed by atoms with E-state index in [1.54, 1.807) is 6.07 Å². The fourth-order valence-electron chi connectivity index (χ4n) is 2.18. The maximum Gasteiger partial charge on any atom is 0.240 e. The Morgan fingerprint density at radius 1 is 1.42 bits per heavy atom. The Labute approximate surface area is 119 Å². The molecule has 1 unspecified atom stereocenters. The maximum absolute atomic E-state index is 12.3. The van der Waals surface area contributed by atoms with Gasteiger partial charge in [0.2, 0.25) is 10.0 Å². The van der Waals surface area contributed by atoms with Crippen molar-refractivity contribution in [3.63, 3.8) is 0 Å². The van der Waals surface area contributed by atoms with Crippen LogP contribution in [0.15, 0.2) is 17.0 Å². The second kappa shape index (κ2) is 5.73. The molecule has 3 N–H and O–H groups in total. The highest BCUT2D eigenvalue weighted by Gasteiger charge is 2.22. The van der Waals surface area contributed by atoms with Crippen molar-refractivity contribution < 1.29 is 8.42 Å². The molecular formula is C13H20N2O2S2. The third-order valence-electron chi connectivity index (χ3n) is 3.52. The molecule has 0 aromatic heterocycles. The molecule has 1 aromatic carbocycles. The molecule has 2 rings (SSSR count). The molecule has 0 spiro atoms. The van der Waals surface area contributed by atoms with E-state index in [9.17, 15) is 8.42 Å². The third kappa shape index (κ3) is 3.43. The summed E-state index contributed by atoms with van der Waals surface area (Å²) in [6, 6.07) is 3.33. The van der Waals surface area contributed by atoms with Crippen LogP contribution in [0.25, 0.3) is 0 Å². The second-order valence-corrected chi connectivity index (χ2v) is 7.93. The van der Waals surface area contributed by atoms with E-state index in [1.807, 2.05) is 25.6 Å². The van der Waals surface area contributed by atoms with E-state index < -0.39 is 10.0 Å². The van der Waals surface area contributed by atoms with Crippen LogP contribution in [0.4, 0.5) is 5.69 Å². The largest absolute Gasteiger partial charge is 0.399 e. The lowest BCUT2D eigenvalue weighted by molar-refractivity contribution is 0.545. The minimum atomic E-state index is -3.46. The van der Waals surface area contributed by atoms with Crippen molar-refractivity contribution in [2.75, 3.05) is 23.8 Å². The molecule has 1 atom stereocenters. The number of thioether (sulfide) groups is 1. The Morgan fingerprint density at radius 3 is 2.79 bits per heavy atom. The first-order chi connectivity index (χ1) is 8.90. The van der Waals surface area contributed by atoms with Crippen molar-refractivity contribution in [3.05, 3.63) is 23.3 Å². The Morgan fingerprint density at radius 2 is 2.16 bits per heavy atom. The number of sulfonamides is 1. The fourth-order valence-corrected chi connectivity index (χ4v) is 4.93. The molecule has 0 radical (unpaired) electrons. The molecule has 1 saturated heterocycles. The summed E-state index contributed by atoms with van der Waals surface area (Å²) in [4.78, 5) is 0.302. The predicted octanol–water partition coefficient (Wildman–Crippen LogP) is 1.92. The minimum Gasteiger partial charge on any atom is -0.399 e. The van der Waals surface area contributed by atoms with Crippen molar-refractivity contribution in [1.29, 1.82) is 0 Å². The van der Waals surface area contributed by atoms with Gasteiger partial charge in [-0.1, -0.05) is 0 Å². The first kappa shape index (κ1) is 14.7.